The predicted molar refractivity (Wildman–Crippen MR) is 148 cm³/mol. The minimum Gasteiger partial charge on any atom is -0.497 e. The van der Waals surface area contributed by atoms with Gasteiger partial charge in [0.05, 0.1) is 20.5 Å². The summed E-state index contributed by atoms with van der Waals surface area (Å²) in [7, 11) is 3.38. The number of allylic oxidation sites excluding steroid dienone is 3. The maximum absolute atomic E-state index is 7.46. The van der Waals surface area contributed by atoms with Gasteiger partial charge in [-0.25, -0.2) is 0 Å². The van der Waals surface area contributed by atoms with E-state index in [-0.39, 0.29) is 6.10 Å². The van der Waals surface area contributed by atoms with E-state index in [0.717, 1.165) is 52.0 Å². The van der Waals surface area contributed by atoms with Crippen LogP contribution in [0, 0.1) is 0 Å². The van der Waals surface area contributed by atoms with Crippen LogP contribution in [0.4, 0.5) is 0 Å². The molecule has 2 aliphatic carbocycles. The van der Waals surface area contributed by atoms with Crippen LogP contribution in [0.2, 0.25) is 0 Å². The summed E-state index contributed by atoms with van der Waals surface area (Å²) in [6.45, 7) is 0. The highest BCUT2D eigenvalue weighted by molar-refractivity contribution is 5.85. The molecule has 2 heterocycles. The Morgan fingerprint density at radius 3 is 2.13 bits per heavy atom. The van der Waals surface area contributed by atoms with Gasteiger partial charge in [-0.15, -0.1) is 0 Å². The number of hydrogen-bond donors (Lipinski definition) is 0. The molecule has 4 nitrogen and oxygen atoms in total. The third-order valence-corrected chi connectivity index (χ3v) is 7.97. The topological polar surface area (TPSA) is 36.9 Å². The normalized spacial score (nSPS) is 20.5. The van der Waals surface area contributed by atoms with Crippen molar-refractivity contribution in [3.05, 3.63) is 142 Å². The lowest BCUT2D eigenvalue weighted by Crippen LogP contribution is -2.49. The van der Waals surface area contributed by atoms with E-state index < -0.39 is 5.60 Å². The zero-order valence-electron chi connectivity index (χ0n) is 21.4. The van der Waals surface area contributed by atoms with Crippen molar-refractivity contribution in [2.45, 2.75) is 24.5 Å². The molecule has 0 bridgehead atoms. The minimum absolute atomic E-state index is 0.292. The quantitative estimate of drug-likeness (QED) is 0.478. The summed E-state index contributed by atoms with van der Waals surface area (Å²) in [5.41, 5.74) is 6.08. The molecule has 0 saturated heterocycles. The average molecular weight is 501 g/mol. The van der Waals surface area contributed by atoms with Gasteiger partial charge in [-0.05, 0) is 82.3 Å². The van der Waals surface area contributed by atoms with Crippen LogP contribution in [0.5, 0.6) is 11.5 Å². The second-order valence-corrected chi connectivity index (χ2v) is 9.83. The van der Waals surface area contributed by atoms with Crippen molar-refractivity contribution < 1.29 is 18.9 Å². The first-order valence-corrected chi connectivity index (χ1v) is 13.0. The van der Waals surface area contributed by atoms with E-state index in [0.29, 0.717) is 0 Å². The molecule has 4 heteroatoms. The van der Waals surface area contributed by atoms with Crippen LogP contribution in [0.1, 0.15) is 24.0 Å². The zero-order chi connectivity index (χ0) is 25.7. The van der Waals surface area contributed by atoms with Gasteiger partial charge in [0.1, 0.15) is 29.0 Å². The van der Waals surface area contributed by atoms with Crippen LogP contribution in [0.25, 0.3) is 11.3 Å². The van der Waals surface area contributed by atoms with Crippen LogP contribution in [-0.4, -0.2) is 20.3 Å². The van der Waals surface area contributed by atoms with E-state index in [1.807, 2.05) is 30.3 Å². The first-order chi connectivity index (χ1) is 18.7. The van der Waals surface area contributed by atoms with Gasteiger partial charge < -0.3 is 18.9 Å². The van der Waals surface area contributed by atoms with E-state index in [1.54, 1.807) is 20.5 Å². The van der Waals surface area contributed by atoms with Gasteiger partial charge >= 0.3 is 0 Å². The van der Waals surface area contributed by atoms with E-state index in [4.69, 9.17) is 18.9 Å². The Kier molecular flexibility index (Phi) is 5.38. The maximum Gasteiger partial charge on any atom is 0.145 e. The Balaban J connectivity index is 1.59. The van der Waals surface area contributed by atoms with Gasteiger partial charge in [0.2, 0.25) is 0 Å². The van der Waals surface area contributed by atoms with Gasteiger partial charge in [-0.2, -0.15) is 0 Å². The third-order valence-electron chi connectivity index (χ3n) is 7.97. The van der Waals surface area contributed by atoms with Gasteiger partial charge in [-0.3, -0.25) is 0 Å². The van der Waals surface area contributed by atoms with Gasteiger partial charge in [0.15, 0.2) is 0 Å². The summed E-state index contributed by atoms with van der Waals surface area (Å²) in [6.07, 6.45) is 12.0. The molecule has 1 atom stereocenters. The number of fused-ring (bicyclic) bond motifs is 5. The average Bonchev–Trinajstić information content (AvgIpc) is 3.00. The van der Waals surface area contributed by atoms with Gasteiger partial charge in [0.25, 0.3) is 0 Å². The summed E-state index contributed by atoms with van der Waals surface area (Å²) in [5.74, 6) is 2.49. The molecule has 0 saturated carbocycles. The highest BCUT2D eigenvalue weighted by atomic mass is 16.5. The molecular formula is C34H28O4. The lowest BCUT2D eigenvalue weighted by atomic mass is 9.69. The first-order valence-electron chi connectivity index (χ1n) is 13.0. The molecule has 3 aromatic rings. The van der Waals surface area contributed by atoms with Gasteiger partial charge in [0, 0.05) is 10.8 Å². The van der Waals surface area contributed by atoms with Crippen LogP contribution in [-0.2, 0) is 15.1 Å². The Morgan fingerprint density at radius 2 is 1.47 bits per heavy atom. The van der Waals surface area contributed by atoms with Crippen LogP contribution >= 0.6 is 0 Å². The molecule has 2 aliphatic heterocycles. The Hall–Kier alpha value is -4.28. The number of methoxy groups -OCH3 is 2. The van der Waals surface area contributed by atoms with Crippen molar-refractivity contribution in [3.63, 3.8) is 0 Å². The summed E-state index contributed by atoms with van der Waals surface area (Å²) >= 11 is 0. The molecule has 0 spiro atoms. The molecule has 0 amide bonds. The van der Waals surface area contributed by atoms with Crippen LogP contribution < -0.4 is 19.9 Å². The fourth-order valence-electron chi connectivity index (χ4n) is 6.25. The summed E-state index contributed by atoms with van der Waals surface area (Å²) in [5, 5.41) is 2.29. The molecule has 1 unspecified atom stereocenters. The van der Waals surface area contributed by atoms with E-state index in [2.05, 4.69) is 66.8 Å². The van der Waals surface area contributed by atoms with Crippen molar-refractivity contribution in [3.8, 4) is 11.5 Å². The Bertz CT molecular complexity index is 1620. The fraction of sp³-hybridized carbons (Fsp3) is 0.176. The Morgan fingerprint density at radius 1 is 0.816 bits per heavy atom. The maximum atomic E-state index is 7.46. The van der Waals surface area contributed by atoms with Crippen molar-refractivity contribution in [2.24, 2.45) is 0 Å². The molecule has 188 valence electrons. The first kappa shape index (κ1) is 22.9. The largest absolute Gasteiger partial charge is 0.497 e. The van der Waals surface area contributed by atoms with E-state index >= 15 is 0 Å². The molecular weight excluding hydrogens is 472 g/mol. The predicted octanol–water partition coefficient (Wildman–Crippen LogP) is 5.44. The summed E-state index contributed by atoms with van der Waals surface area (Å²) in [4.78, 5) is 0. The second-order valence-electron chi connectivity index (χ2n) is 9.83. The monoisotopic (exact) mass is 500 g/mol. The van der Waals surface area contributed by atoms with Crippen molar-refractivity contribution >= 4 is 11.3 Å². The van der Waals surface area contributed by atoms with Crippen molar-refractivity contribution in [1.82, 2.24) is 0 Å². The molecule has 0 N–H and O–H groups in total. The molecule has 0 fully saturated rings. The molecule has 0 radical (unpaired) electrons. The number of rotatable bonds is 4. The number of ether oxygens (including phenoxy) is 4. The van der Waals surface area contributed by atoms with E-state index in [9.17, 15) is 0 Å². The fourth-order valence-corrected chi connectivity index (χ4v) is 6.25. The Labute approximate surface area is 222 Å². The minimum atomic E-state index is -0.835. The SMILES string of the molecule is COc1ccc(C2(c3ccc(OC)cc3)OC3C4=CC=COC4=c4ccccc4=C3C3=C2C=CCC3)cc1. The lowest BCUT2D eigenvalue weighted by Gasteiger charge is -2.48. The summed E-state index contributed by atoms with van der Waals surface area (Å²) in [6, 6.07) is 25.0. The van der Waals surface area contributed by atoms with Gasteiger partial charge in [-0.1, -0.05) is 60.7 Å². The highest BCUT2D eigenvalue weighted by Gasteiger charge is 2.50. The van der Waals surface area contributed by atoms with Crippen LogP contribution in [0.15, 0.2) is 120 Å². The molecule has 3 aromatic carbocycles. The molecule has 4 aliphatic rings. The number of hydrogen-bond acceptors (Lipinski definition) is 4. The van der Waals surface area contributed by atoms with Crippen LogP contribution in [0.3, 0.4) is 0 Å². The highest BCUT2D eigenvalue weighted by Crippen LogP contribution is 2.54. The second kappa shape index (κ2) is 8.93. The zero-order valence-corrected chi connectivity index (χ0v) is 21.4. The van der Waals surface area contributed by atoms with E-state index in [1.165, 1.54) is 21.9 Å². The number of benzene rings is 3. The van der Waals surface area contributed by atoms with Crippen molar-refractivity contribution in [2.75, 3.05) is 14.2 Å². The lowest BCUT2D eigenvalue weighted by molar-refractivity contribution is -0.0118. The molecule has 38 heavy (non-hydrogen) atoms. The smallest absolute Gasteiger partial charge is 0.145 e. The third kappa shape index (κ3) is 3.27. The standard InChI is InChI=1S/C34H28O4/c1-35-24-17-13-22(14-18-24)34(23-15-19-25(36-2)20-16-23)30-12-6-5-10-28(30)31-26-8-3-4-9-27(26)32-29(33(31)38-34)11-7-21-37-32/h3-4,6-9,11-21,33H,5,10H2,1-2H3. The molecule has 0 aromatic heterocycles. The summed E-state index contributed by atoms with van der Waals surface area (Å²) < 4.78 is 24.6. The van der Waals surface area contributed by atoms with Crippen molar-refractivity contribution in [1.29, 1.82) is 0 Å². The molecule has 7 rings (SSSR count).